The standard InChI is InChI=1S/C14H19N5O3/c1-8-5-10(3)19(16-8)6-9(2)15-13(20)12-11(14(21)22)7-18(4)17-12/h5,7,9H,6H2,1-4H3,(H,15,20)(H,21,22)/t9-/m0/s1. The molecular weight excluding hydrogens is 286 g/mol. The van der Waals surface area contributed by atoms with Crippen molar-refractivity contribution in [2.75, 3.05) is 0 Å². The SMILES string of the molecule is Cc1cc(C)n(C[C@H](C)NC(=O)c2nn(C)cc2C(=O)O)n1. The zero-order chi connectivity index (χ0) is 16.4. The van der Waals surface area contributed by atoms with Gasteiger partial charge in [-0.25, -0.2) is 4.79 Å². The smallest absolute Gasteiger partial charge is 0.339 e. The van der Waals surface area contributed by atoms with Crippen molar-refractivity contribution < 1.29 is 14.7 Å². The molecule has 22 heavy (non-hydrogen) atoms. The van der Waals surface area contributed by atoms with Crippen LogP contribution in [0.5, 0.6) is 0 Å². The Kier molecular flexibility index (Phi) is 4.30. The van der Waals surface area contributed by atoms with Crippen LogP contribution in [-0.4, -0.2) is 42.6 Å². The highest BCUT2D eigenvalue weighted by atomic mass is 16.4. The van der Waals surface area contributed by atoms with Crippen LogP contribution in [0.1, 0.15) is 39.2 Å². The van der Waals surface area contributed by atoms with Gasteiger partial charge in [0, 0.05) is 25.0 Å². The van der Waals surface area contributed by atoms with Crippen LogP contribution < -0.4 is 5.32 Å². The highest BCUT2D eigenvalue weighted by Crippen LogP contribution is 2.08. The molecule has 1 amide bonds. The molecule has 0 fully saturated rings. The number of carbonyl (C=O) groups is 2. The van der Waals surface area contributed by atoms with Gasteiger partial charge < -0.3 is 10.4 Å². The van der Waals surface area contributed by atoms with Crippen molar-refractivity contribution in [2.24, 2.45) is 7.05 Å². The second kappa shape index (κ2) is 6.00. The van der Waals surface area contributed by atoms with E-state index in [9.17, 15) is 9.59 Å². The van der Waals surface area contributed by atoms with Gasteiger partial charge in [0.2, 0.25) is 0 Å². The first kappa shape index (κ1) is 15.7. The van der Waals surface area contributed by atoms with E-state index in [1.807, 2.05) is 26.8 Å². The summed E-state index contributed by atoms with van der Waals surface area (Å²) in [6.45, 7) is 6.17. The number of aryl methyl sites for hydroxylation is 3. The maximum absolute atomic E-state index is 12.2. The molecule has 1 atom stereocenters. The first-order valence-electron chi connectivity index (χ1n) is 6.86. The fraction of sp³-hybridized carbons (Fsp3) is 0.429. The topological polar surface area (TPSA) is 102 Å². The average molecular weight is 305 g/mol. The van der Waals surface area contributed by atoms with Crippen LogP contribution in [0.15, 0.2) is 12.3 Å². The number of carbonyl (C=O) groups excluding carboxylic acids is 1. The fourth-order valence-corrected chi connectivity index (χ4v) is 2.27. The highest BCUT2D eigenvalue weighted by molar-refractivity contribution is 6.03. The molecule has 2 rings (SSSR count). The summed E-state index contributed by atoms with van der Waals surface area (Å²) in [5, 5.41) is 20.1. The van der Waals surface area contributed by atoms with Crippen LogP contribution in [-0.2, 0) is 13.6 Å². The summed E-state index contributed by atoms with van der Waals surface area (Å²) in [6, 6.07) is 1.74. The Bertz CT molecular complexity index is 716. The summed E-state index contributed by atoms with van der Waals surface area (Å²) in [7, 11) is 1.57. The third-order valence-electron chi connectivity index (χ3n) is 3.20. The van der Waals surface area contributed by atoms with Crippen LogP contribution in [0.2, 0.25) is 0 Å². The molecule has 0 saturated heterocycles. The molecule has 0 bridgehead atoms. The third-order valence-corrected chi connectivity index (χ3v) is 3.20. The number of carboxylic acids is 1. The van der Waals surface area contributed by atoms with Gasteiger partial charge in [-0.2, -0.15) is 10.2 Å². The van der Waals surface area contributed by atoms with Gasteiger partial charge in [0.05, 0.1) is 12.2 Å². The number of rotatable bonds is 5. The van der Waals surface area contributed by atoms with E-state index in [4.69, 9.17) is 5.11 Å². The predicted octanol–water partition coefficient (Wildman–Crippen LogP) is 0.750. The van der Waals surface area contributed by atoms with Gasteiger partial charge >= 0.3 is 5.97 Å². The summed E-state index contributed by atoms with van der Waals surface area (Å²) < 4.78 is 3.11. The van der Waals surface area contributed by atoms with E-state index in [2.05, 4.69) is 15.5 Å². The molecule has 118 valence electrons. The number of hydrogen-bond donors (Lipinski definition) is 2. The van der Waals surface area contributed by atoms with Gasteiger partial charge in [0.1, 0.15) is 5.56 Å². The number of amides is 1. The minimum Gasteiger partial charge on any atom is -0.478 e. The predicted molar refractivity (Wildman–Crippen MR) is 78.8 cm³/mol. The molecule has 0 aliphatic heterocycles. The molecule has 0 spiro atoms. The van der Waals surface area contributed by atoms with Crippen molar-refractivity contribution in [3.8, 4) is 0 Å². The number of nitrogens with one attached hydrogen (secondary N) is 1. The maximum Gasteiger partial charge on any atom is 0.339 e. The Balaban J connectivity index is 2.08. The van der Waals surface area contributed by atoms with Gasteiger partial charge in [-0.1, -0.05) is 0 Å². The molecule has 2 heterocycles. The molecule has 2 aromatic heterocycles. The Morgan fingerprint density at radius 1 is 1.36 bits per heavy atom. The molecule has 8 heteroatoms. The Morgan fingerprint density at radius 2 is 2.05 bits per heavy atom. The molecule has 0 aromatic carbocycles. The Morgan fingerprint density at radius 3 is 2.59 bits per heavy atom. The zero-order valence-corrected chi connectivity index (χ0v) is 13.0. The first-order chi connectivity index (χ1) is 10.3. The minimum absolute atomic E-state index is 0.0878. The van der Waals surface area contributed by atoms with Crippen LogP contribution in [0, 0.1) is 13.8 Å². The van der Waals surface area contributed by atoms with Gasteiger partial charge in [0.25, 0.3) is 5.91 Å². The normalized spacial score (nSPS) is 12.2. The van der Waals surface area contributed by atoms with Crippen molar-refractivity contribution >= 4 is 11.9 Å². The highest BCUT2D eigenvalue weighted by Gasteiger charge is 2.22. The lowest BCUT2D eigenvalue weighted by Gasteiger charge is -2.14. The lowest BCUT2D eigenvalue weighted by atomic mass is 10.2. The molecule has 0 unspecified atom stereocenters. The summed E-state index contributed by atoms with van der Waals surface area (Å²) in [5.41, 5.74) is 1.71. The molecule has 8 nitrogen and oxygen atoms in total. The summed E-state index contributed by atoms with van der Waals surface area (Å²) >= 11 is 0. The van der Waals surface area contributed by atoms with Gasteiger partial charge in [0.15, 0.2) is 5.69 Å². The van der Waals surface area contributed by atoms with E-state index < -0.39 is 11.9 Å². The third kappa shape index (κ3) is 3.33. The lowest BCUT2D eigenvalue weighted by Crippen LogP contribution is -2.37. The fourth-order valence-electron chi connectivity index (χ4n) is 2.27. The molecule has 2 N–H and O–H groups in total. The van der Waals surface area contributed by atoms with E-state index in [0.29, 0.717) is 6.54 Å². The number of nitrogens with zero attached hydrogens (tertiary/aromatic N) is 4. The largest absolute Gasteiger partial charge is 0.478 e. The Hall–Kier alpha value is -2.64. The summed E-state index contributed by atoms with van der Waals surface area (Å²) in [5.74, 6) is -1.68. The number of aromatic carboxylic acids is 1. The van der Waals surface area contributed by atoms with Crippen LogP contribution in [0.3, 0.4) is 0 Å². The van der Waals surface area contributed by atoms with Crippen molar-refractivity contribution in [3.05, 3.63) is 34.9 Å². The molecule has 0 saturated carbocycles. The van der Waals surface area contributed by atoms with Crippen LogP contribution >= 0.6 is 0 Å². The zero-order valence-electron chi connectivity index (χ0n) is 13.0. The van der Waals surface area contributed by atoms with Crippen molar-refractivity contribution in [2.45, 2.75) is 33.4 Å². The van der Waals surface area contributed by atoms with Gasteiger partial charge in [-0.3, -0.25) is 14.2 Å². The lowest BCUT2D eigenvalue weighted by molar-refractivity contribution is 0.0690. The molecule has 0 aliphatic carbocycles. The molecular formula is C14H19N5O3. The summed E-state index contributed by atoms with van der Waals surface area (Å²) in [4.78, 5) is 23.3. The molecule has 0 radical (unpaired) electrons. The first-order valence-corrected chi connectivity index (χ1v) is 6.86. The second-order valence-corrected chi connectivity index (χ2v) is 5.35. The number of carboxylic acid groups (broad SMARTS) is 1. The van der Waals surface area contributed by atoms with Gasteiger partial charge in [-0.05, 0) is 26.8 Å². The monoisotopic (exact) mass is 305 g/mol. The van der Waals surface area contributed by atoms with Crippen LogP contribution in [0.25, 0.3) is 0 Å². The number of hydrogen-bond acceptors (Lipinski definition) is 4. The average Bonchev–Trinajstić information content (AvgIpc) is 2.93. The maximum atomic E-state index is 12.2. The minimum atomic E-state index is -1.18. The van der Waals surface area contributed by atoms with Crippen molar-refractivity contribution in [1.82, 2.24) is 24.9 Å². The summed E-state index contributed by atoms with van der Waals surface area (Å²) in [6.07, 6.45) is 1.31. The molecule has 0 aliphatic rings. The van der Waals surface area contributed by atoms with Crippen LogP contribution in [0.4, 0.5) is 0 Å². The second-order valence-electron chi connectivity index (χ2n) is 5.35. The molecule has 2 aromatic rings. The quantitative estimate of drug-likeness (QED) is 0.848. The van der Waals surface area contributed by atoms with Crippen molar-refractivity contribution in [3.63, 3.8) is 0 Å². The van der Waals surface area contributed by atoms with Crippen molar-refractivity contribution in [1.29, 1.82) is 0 Å². The van der Waals surface area contributed by atoms with E-state index in [-0.39, 0.29) is 17.3 Å². The number of aromatic nitrogens is 4. The van der Waals surface area contributed by atoms with E-state index in [1.165, 1.54) is 10.9 Å². The van der Waals surface area contributed by atoms with E-state index >= 15 is 0 Å². The van der Waals surface area contributed by atoms with Gasteiger partial charge in [-0.15, -0.1) is 0 Å². The van der Waals surface area contributed by atoms with E-state index in [0.717, 1.165) is 11.4 Å². The van der Waals surface area contributed by atoms with E-state index in [1.54, 1.807) is 11.7 Å². The Labute approximate surface area is 127 Å².